The average molecular weight is 261 g/mol. The fourth-order valence-corrected chi connectivity index (χ4v) is 2.14. The molecule has 0 fully saturated rings. The van der Waals surface area contributed by atoms with E-state index in [1.54, 1.807) is 24.7 Å². The molecule has 0 spiro atoms. The maximum atomic E-state index is 5.09. The molecular weight excluding hydrogens is 246 g/mol. The van der Waals surface area contributed by atoms with Crippen molar-refractivity contribution in [1.82, 2.24) is 4.98 Å². The Bertz CT molecular complexity index is 526. The van der Waals surface area contributed by atoms with E-state index in [9.17, 15) is 0 Å². The van der Waals surface area contributed by atoms with E-state index in [0.29, 0.717) is 0 Å². The summed E-state index contributed by atoms with van der Waals surface area (Å²) in [6, 6.07) is 7.70. The van der Waals surface area contributed by atoms with Crippen LogP contribution in [0.1, 0.15) is 16.1 Å². The van der Waals surface area contributed by atoms with Crippen LogP contribution in [0.25, 0.3) is 0 Å². The summed E-state index contributed by atoms with van der Waals surface area (Å²) >= 11 is 1.60. The minimum absolute atomic E-state index is 0.815. The molecule has 0 aliphatic heterocycles. The first-order chi connectivity index (χ1) is 8.69. The second-order valence-corrected chi connectivity index (χ2v) is 5.01. The van der Waals surface area contributed by atoms with Crippen molar-refractivity contribution in [3.63, 3.8) is 0 Å². The summed E-state index contributed by atoms with van der Waals surface area (Å²) in [7, 11) is 1.65. The van der Waals surface area contributed by atoms with Gasteiger partial charge in [0.25, 0.3) is 0 Å². The standard InChI is InChI=1S/C13H15N3OS/c1-9-10(2)18-13(15-9)16-14-8-11-4-6-12(17-3)7-5-11/h4-8H,1-3H3,(H,15,16)/b14-8-. The van der Waals surface area contributed by atoms with Gasteiger partial charge in [-0.25, -0.2) is 4.98 Å². The van der Waals surface area contributed by atoms with E-state index in [0.717, 1.165) is 22.1 Å². The summed E-state index contributed by atoms with van der Waals surface area (Å²) in [5.41, 5.74) is 4.98. The summed E-state index contributed by atoms with van der Waals surface area (Å²) in [5, 5.41) is 4.97. The van der Waals surface area contributed by atoms with Crippen molar-refractivity contribution in [2.75, 3.05) is 12.5 Å². The van der Waals surface area contributed by atoms with Gasteiger partial charge in [0.1, 0.15) is 5.75 Å². The predicted molar refractivity (Wildman–Crippen MR) is 75.8 cm³/mol. The van der Waals surface area contributed by atoms with Gasteiger partial charge in [-0.3, -0.25) is 5.43 Å². The quantitative estimate of drug-likeness (QED) is 0.679. The molecule has 2 rings (SSSR count). The molecule has 4 nitrogen and oxygen atoms in total. The van der Waals surface area contributed by atoms with E-state index in [1.165, 1.54) is 4.88 Å². The van der Waals surface area contributed by atoms with E-state index in [-0.39, 0.29) is 0 Å². The smallest absolute Gasteiger partial charge is 0.203 e. The number of thiazole rings is 1. The number of ether oxygens (including phenoxy) is 1. The van der Waals surface area contributed by atoms with Crippen LogP contribution >= 0.6 is 11.3 Å². The van der Waals surface area contributed by atoms with Crippen molar-refractivity contribution >= 4 is 22.7 Å². The van der Waals surface area contributed by atoms with Crippen molar-refractivity contribution in [3.05, 3.63) is 40.4 Å². The van der Waals surface area contributed by atoms with Gasteiger partial charge in [0.05, 0.1) is 19.0 Å². The van der Waals surface area contributed by atoms with Gasteiger partial charge in [-0.05, 0) is 43.7 Å². The number of anilines is 1. The van der Waals surface area contributed by atoms with Crippen LogP contribution in [0.15, 0.2) is 29.4 Å². The van der Waals surface area contributed by atoms with E-state index >= 15 is 0 Å². The SMILES string of the molecule is COc1ccc(/C=N\Nc2nc(C)c(C)s2)cc1. The number of nitrogens with one attached hydrogen (secondary N) is 1. The van der Waals surface area contributed by atoms with Crippen molar-refractivity contribution in [2.24, 2.45) is 5.10 Å². The van der Waals surface area contributed by atoms with Crippen LogP contribution in [-0.4, -0.2) is 18.3 Å². The molecule has 2 aromatic rings. The Balaban J connectivity index is 1.98. The Hall–Kier alpha value is -1.88. The highest BCUT2D eigenvalue weighted by Crippen LogP contribution is 2.20. The molecule has 5 heteroatoms. The highest BCUT2D eigenvalue weighted by molar-refractivity contribution is 7.15. The molecule has 0 aliphatic carbocycles. The Labute approximate surface area is 110 Å². The molecule has 1 N–H and O–H groups in total. The van der Waals surface area contributed by atoms with Crippen LogP contribution in [0.5, 0.6) is 5.75 Å². The van der Waals surface area contributed by atoms with Crippen LogP contribution in [-0.2, 0) is 0 Å². The number of benzene rings is 1. The maximum absolute atomic E-state index is 5.09. The van der Waals surface area contributed by atoms with Crippen molar-refractivity contribution in [3.8, 4) is 5.75 Å². The van der Waals surface area contributed by atoms with Gasteiger partial charge < -0.3 is 4.74 Å². The molecule has 0 unspecified atom stereocenters. The van der Waals surface area contributed by atoms with Gasteiger partial charge in [0.2, 0.25) is 5.13 Å². The highest BCUT2D eigenvalue weighted by Gasteiger charge is 2.00. The number of methoxy groups -OCH3 is 1. The van der Waals surface area contributed by atoms with Crippen molar-refractivity contribution in [2.45, 2.75) is 13.8 Å². The van der Waals surface area contributed by atoms with Gasteiger partial charge in [-0.2, -0.15) is 5.10 Å². The lowest BCUT2D eigenvalue weighted by Gasteiger charge is -1.98. The molecule has 18 heavy (non-hydrogen) atoms. The zero-order chi connectivity index (χ0) is 13.0. The average Bonchev–Trinajstić information content (AvgIpc) is 2.69. The zero-order valence-corrected chi connectivity index (χ0v) is 11.4. The van der Waals surface area contributed by atoms with Gasteiger partial charge in [0, 0.05) is 4.88 Å². The predicted octanol–water partition coefficient (Wildman–Crippen LogP) is 3.21. The van der Waals surface area contributed by atoms with Gasteiger partial charge >= 0.3 is 0 Å². The molecular formula is C13H15N3OS. The topological polar surface area (TPSA) is 46.5 Å². The van der Waals surface area contributed by atoms with Crippen molar-refractivity contribution < 1.29 is 4.74 Å². The van der Waals surface area contributed by atoms with Crippen LogP contribution in [0, 0.1) is 13.8 Å². The molecule has 0 aliphatic rings. The van der Waals surface area contributed by atoms with E-state index in [2.05, 4.69) is 15.5 Å². The molecule has 1 aromatic heterocycles. The van der Waals surface area contributed by atoms with Gasteiger partial charge in [0.15, 0.2) is 0 Å². The number of hydrogen-bond acceptors (Lipinski definition) is 5. The largest absolute Gasteiger partial charge is 0.497 e. The summed E-state index contributed by atoms with van der Waals surface area (Å²) < 4.78 is 5.09. The third-order valence-electron chi connectivity index (χ3n) is 2.52. The normalized spacial score (nSPS) is 10.8. The van der Waals surface area contributed by atoms with Crippen molar-refractivity contribution in [1.29, 1.82) is 0 Å². The summed E-state index contributed by atoms with van der Waals surface area (Å²) in [6.07, 6.45) is 1.76. The second kappa shape index (κ2) is 5.64. The molecule has 1 aromatic carbocycles. The number of hydrazone groups is 1. The van der Waals surface area contributed by atoms with E-state index < -0.39 is 0 Å². The fraction of sp³-hybridized carbons (Fsp3) is 0.231. The van der Waals surface area contributed by atoms with Crippen LogP contribution < -0.4 is 10.2 Å². The number of rotatable bonds is 4. The molecule has 0 radical (unpaired) electrons. The Morgan fingerprint density at radius 3 is 2.56 bits per heavy atom. The Kier molecular flexibility index (Phi) is 3.94. The second-order valence-electron chi connectivity index (χ2n) is 3.80. The number of aromatic nitrogens is 1. The first-order valence-electron chi connectivity index (χ1n) is 5.56. The molecule has 0 bridgehead atoms. The lowest BCUT2D eigenvalue weighted by atomic mass is 10.2. The summed E-state index contributed by atoms with van der Waals surface area (Å²) in [5.74, 6) is 0.839. The minimum Gasteiger partial charge on any atom is -0.497 e. The first kappa shape index (κ1) is 12.6. The summed E-state index contributed by atoms with van der Waals surface area (Å²) in [4.78, 5) is 5.55. The third kappa shape index (κ3) is 3.07. The van der Waals surface area contributed by atoms with Crippen LogP contribution in [0.4, 0.5) is 5.13 Å². The van der Waals surface area contributed by atoms with E-state index in [4.69, 9.17) is 4.74 Å². The van der Waals surface area contributed by atoms with Gasteiger partial charge in [-0.1, -0.05) is 0 Å². The van der Waals surface area contributed by atoms with Crippen LogP contribution in [0.2, 0.25) is 0 Å². The molecule has 94 valence electrons. The number of aryl methyl sites for hydroxylation is 2. The Morgan fingerprint density at radius 2 is 2.00 bits per heavy atom. The van der Waals surface area contributed by atoms with E-state index in [1.807, 2.05) is 38.1 Å². The maximum Gasteiger partial charge on any atom is 0.203 e. The molecule has 0 saturated carbocycles. The zero-order valence-electron chi connectivity index (χ0n) is 10.6. The number of nitrogens with zero attached hydrogens (tertiary/aromatic N) is 2. The lowest BCUT2D eigenvalue weighted by Crippen LogP contribution is -1.90. The van der Waals surface area contributed by atoms with Gasteiger partial charge in [-0.15, -0.1) is 11.3 Å². The molecule has 0 atom stereocenters. The molecule has 0 saturated heterocycles. The lowest BCUT2D eigenvalue weighted by molar-refractivity contribution is 0.415. The molecule has 1 heterocycles. The molecule has 0 amide bonds. The van der Waals surface area contributed by atoms with Crippen LogP contribution in [0.3, 0.4) is 0 Å². The third-order valence-corrected chi connectivity index (χ3v) is 3.50. The fourth-order valence-electron chi connectivity index (χ4n) is 1.37. The first-order valence-corrected chi connectivity index (χ1v) is 6.38. The summed E-state index contributed by atoms with van der Waals surface area (Å²) in [6.45, 7) is 4.04. The highest BCUT2D eigenvalue weighted by atomic mass is 32.1. The minimum atomic E-state index is 0.815. The Morgan fingerprint density at radius 1 is 1.28 bits per heavy atom. The monoisotopic (exact) mass is 261 g/mol. The number of hydrogen-bond donors (Lipinski definition) is 1.